The maximum Gasteiger partial charge on any atom is 0.266 e. The molecule has 0 aliphatic heterocycles. The number of hydrogen-bond acceptors (Lipinski definition) is 4. The van der Waals surface area contributed by atoms with Crippen molar-refractivity contribution in [2.75, 3.05) is 0 Å². The monoisotopic (exact) mass is 313 g/mol. The van der Waals surface area contributed by atoms with E-state index in [4.69, 9.17) is 5.26 Å². The standard InChI is InChI=1S/C17H16FN3O2/c18-14-4-2-1-3-13(14)15-5-6-16(23)21(20-15)10-12(22)9-17(11-19)7-8-17/h1-6,12,22H,7-10H2. The fourth-order valence-corrected chi connectivity index (χ4v) is 2.62. The Balaban J connectivity index is 1.83. The average molecular weight is 313 g/mol. The van der Waals surface area contributed by atoms with Gasteiger partial charge in [0.15, 0.2) is 0 Å². The van der Waals surface area contributed by atoms with Crippen molar-refractivity contribution in [1.82, 2.24) is 9.78 Å². The highest BCUT2D eigenvalue weighted by molar-refractivity contribution is 5.58. The first-order valence-corrected chi connectivity index (χ1v) is 7.45. The van der Waals surface area contributed by atoms with Crippen LogP contribution in [0.25, 0.3) is 11.3 Å². The Kier molecular flexibility index (Phi) is 3.97. The highest BCUT2D eigenvalue weighted by Gasteiger charge is 2.44. The topological polar surface area (TPSA) is 78.9 Å². The lowest BCUT2D eigenvalue weighted by Gasteiger charge is -2.15. The fourth-order valence-electron chi connectivity index (χ4n) is 2.62. The average Bonchev–Trinajstić information content (AvgIpc) is 3.30. The van der Waals surface area contributed by atoms with Gasteiger partial charge in [-0.1, -0.05) is 12.1 Å². The van der Waals surface area contributed by atoms with Gasteiger partial charge in [-0.2, -0.15) is 10.4 Å². The molecule has 5 nitrogen and oxygen atoms in total. The van der Waals surface area contributed by atoms with Crippen LogP contribution in [0.5, 0.6) is 0 Å². The van der Waals surface area contributed by atoms with Gasteiger partial charge in [0.25, 0.3) is 5.56 Å². The first kappa shape index (κ1) is 15.4. The van der Waals surface area contributed by atoms with Crippen LogP contribution in [0.3, 0.4) is 0 Å². The van der Waals surface area contributed by atoms with Crippen molar-refractivity contribution < 1.29 is 9.50 Å². The molecule has 1 unspecified atom stereocenters. The van der Waals surface area contributed by atoms with Crippen molar-refractivity contribution in [1.29, 1.82) is 5.26 Å². The minimum atomic E-state index is -0.835. The van der Waals surface area contributed by atoms with E-state index in [9.17, 15) is 14.3 Å². The van der Waals surface area contributed by atoms with E-state index in [-0.39, 0.29) is 12.1 Å². The van der Waals surface area contributed by atoms with Crippen LogP contribution < -0.4 is 5.56 Å². The van der Waals surface area contributed by atoms with Crippen molar-refractivity contribution in [3.8, 4) is 17.3 Å². The first-order chi connectivity index (χ1) is 11.0. The minimum absolute atomic E-state index is 0.00937. The van der Waals surface area contributed by atoms with Gasteiger partial charge in [0, 0.05) is 11.6 Å². The second-order valence-electron chi connectivity index (χ2n) is 5.97. The van der Waals surface area contributed by atoms with Gasteiger partial charge in [0.2, 0.25) is 0 Å². The molecule has 1 heterocycles. The molecule has 1 aromatic heterocycles. The number of nitriles is 1. The normalized spacial score (nSPS) is 16.6. The molecular weight excluding hydrogens is 297 g/mol. The fraction of sp³-hybridized carbons (Fsp3) is 0.353. The molecule has 0 spiro atoms. The number of nitrogens with zero attached hydrogens (tertiary/aromatic N) is 3. The summed E-state index contributed by atoms with van der Waals surface area (Å²) < 4.78 is 15.0. The van der Waals surface area contributed by atoms with Gasteiger partial charge in [-0.25, -0.2) is 9.07 Å². The summed E-state index contributed by atoms with van der Waals surface area (Å²) in [4.78, 5) is 11.9. The number of aliphatic hydroxyl groups excluding tert-OH is 1. The van der Waals surface area contributed by atoms with Gasteiger partial charge in [0.05, 0.1) is 29.8 Å². The summed E-state index contributed by atoms with van der Waals surface area (Å²) in [5.74, 6) is -0.424. The molecule has 1 aliphatic carbocycles. The van der Waals surface area contributed by atoms with E-state index < -0.39 is 17.3 Å². The Labute approximate surface area is 132 Å². The summed E-state index contributed by atoms with van der Waals surface area (Å²) in [6.45, 7) is -0.00937. The van der Waals surface area contributed by atoms with Gasteiger partial charge in [-0.15, -0.1) is 0 Å². The maximum atomic E-state index is 13.8. The van der Waals surface area contributed by atoms with Crippen molar-refractivity contribution in [3.05, 3.63) is 52.6 Å². The Morgan fingerprint density at radius 2 is 2.09 bits per heavy atom. The summed E-state index contributed by atoms with van der Waals surface area (Å²) in [6, 6.07) is 11.1. The minimum Gasteiger partial charge on any atom is -0.391 e. The van der Waals surface area contributed by atoms with Crippen LogP contribution in [0.15, 0.2) is 41.2 Å². The predicted octanol–water partition coefficient (Wildman–Crippen LogP) is 2.10. The van der Waals surface area contributed by atoms with Crippen molar-refractivity contribution >= 4 is 0 Å². The number of aliphatic hydroxyl groups is 1. The van der Waals surface area contributed by atoms with Crippen molar-refractivity contribution in [2.45, 2.75) is 31.9 Å². The van der Waals surface area contributed by atoms with Gasteiger partial charge in [0.1, 0.15) is 5.82 Å². The molecule has 6 heteroatoms. The van der Waals surface area contributed by atoms with E-state index in [1.165, 1.54) is 18.2 Å². The molecule has 0 radical (unpaired) electrons. The van der Waals surface area contributed by atoms with Gasteiger partial charge in [-0.05, 0) is 37.5 Å². The summed E-state index contributed by atoms with van der Waals surface area (Å²) in [5.41, 5.74) is -0.194. The molecule has 0 amide bonds. The number of aromatic nitrogens is 2. The Bertz CT molecular complexity index is 821. The molecule has 0 saturated heterocycles. The first-order valence-electron chi connectivity index (χ1n) is 7.45. The van der Waals surface area contributed by atoms with Crippen LogP contribution in [0.2, 0.25) is 0 Å². The van der Waals surface area contributed by atoms with Crippen LogP contribution in [0.1, 0.15) is 19.3 Å². The number of benzene rings is 1. The van der Waals surface area contributed by atoms with E-state index in [0.29, 0.717) is 17.7 Å². The molecular formula is C17H16FN3O2. The van der Waals surface area contributed by atoms with Gasteiger partial charge < -0.3 is 5.11 Å². The van der Waals surface area contributed by atoms with Crippen LogP contribution in [-0.4, -0.2) is 21.0 Å². The van der Waals surface area contributed by atoms with Gasteiger partial charge >= 0.3 is 0 Å². The lowest BCUT2D eigenvalue weighted by Crippen LogP contribution is -2.29. The van der Waals surface area contributed by atoms with Crippen LogP contribution in [-0.2, 0) is 6.54 Å². The van der Waals surface area contributed by atoms with E-state index in [1.807, 2.05) is 0 Å². The van der Waals surface area contributed by atoms with E-state index in [0.717, 1.165) is 17.5 Å². The third-order valence-corrected chi connectivity index (χ3v) is 4.12. The highest BCUT2D eigenvalue weighted by Crippen LogP contribution is 2.48. The quantitative estimate of drug-likeness (QED) is 0.917. The van der Waals surface area contributed by atoms with Crippen molar-refractivity contribution in [3.63, 3.8) is 0 Å². The SMILES string of the molecule is N#CC1(CC(O)Cn2nc(-c3ccccc3F)ccc2=O)CC1. The lowest BCUT2D eigenvalue weighted by molar-refractivity contribution is 0.122. The Hall–Kier alpha value is -2.52. The molecule has 2 aromatic rings. The second kappa shape index (κ2) is 5.94. The summed E-state index contributed by atoms with van der Waals surface area (Å²) in [6.07, 6.45) is 1.04. The number of halogens is 1. The van der Waals surface area contributed by atoms with Gasteiger partial charge in [-0.3, -0.25) is 4.79 Å². The van der Waals surface area contributed by atoms with E-state index >= 15 is 0 Å². The molecule has 23 heavy (non-hydrogen) atoms. The third-order valence-electron chi connectivity index (χ3n) is 4.12. The molecule has 1 fully saturated rings. The Morgan fingerprint density at radius 3 is 2.74 bits per heavy atom. The van der Waals surface area contributed by atoms with Crippen molar-refractivity contribution in [2.24, 2.45) is 5.41 Å². The largest absolute Gasteiger partial charge is 0.391 e. The number of hydrogen-bond donors (Lipinski definition) is 1. The predicted molar refractivity (Wildman–Crippen MR) is 81.8 cm³/mol. The molecule has 0 bridgehead atoms. The molecule has 1 aliphatic rings. The molecule has 1 aromatic carbocycles. The zero-order valence-electron chi connectivity index (χ0n) is 12.4. The Morgan fingerprint density at radius 1 is 1.35 bits per heavy atom. The lowest BCUT2D eigenvalue weighted by atomic mass is 10.0. The summed E-state index contributed by atoms with van der Waals surface area (Å²) in [5, 5.41) is 23.3. The zero-order chi connectivity index (χ0) is 16.4. The third kappa shape index (κ3) is 3.30. The van der Waals surface area contributed by atoms with E-state index in [2.05, 4.69) is 11.2 Å². The van der Waals surface area contributed by atoms with Crippen LogP contribution in [0, 0.1) is 22.6 Å². The zero-order valence-corrected chi connectivity index (χ0v) is 12.4. The van der Waals surface area contributed by atoms with Crippen LogP contribution in [0.4, 0.5) is 4.39 Å². The molecule has 1 saturated carbocycles. The molecule has 3 rings (SSSR count). The van der Waals surface area contributed by atoms with E-state index in [1.54, 1.807) is 18.2 Å². The molecule has 118 valence electrons. The molecule has 1 N–H and O–H groups in total. The number of rotatable bonds is 5. The second-order valence-corrected chi connectivity index (χ2v) is 5.97. The summed E-state index contributed by atoms with van der Waals surface area (Å²) >= 11 is 0. The summed E-state index contributed by atoms with van der Waals surface area (Å²) in [7, 11) is 0. The molecule has 1 atom stereocenters. The highest BCUT2D eigenvalue weighted by atomic mass is 19.1. The smallest absolute Gasteiger partial charge is 0.266 e. The van der Waals surface area contributed by atoms with Crippen LogP contribution >= 0.6 is 0 Å². The maximum absolute atomic E-state index is 13.8.